The average molecular weight is 377 g/mol. The molecule has 1 amide bonds. The monoisotopic (exact) mass is 377 g/mol. The smallest absolute Gasteiger partial charge is 0.271 e. The van der Waals surface area contributed by atoms with Crippen molar-refractivity contribution < 1.29 is 13.6 Å². The van der Waals surface area contributed by atoms with Gasteiger partial charge in [-0.15, -0.1) is 11.3 Å². The Bertz CT molecular complexity index is 860. The maximum Gasteiger partial charge on any atom is 0.271 e. The van der Waals surface area contributed by atoms with Gasteiger partial charge >= 0.3 is 0 Å². The van der Waals surface area contributed by atoms with Gasteiger partial charge in [0.2, 0.25) is 11.9 Å². The number of nitrogens with zero attached hydrogens (tertiary/aromatic N) is 4. The van der Waals surface area contributed by atoms with Gasteiger partial charge in [-0.1, -0.05) is 0 Å². The molecule has 2 atom stereocenters. The van der Waals surface area contributed by atoms with Crippen LogP contribution in [-0.2, 0) is 0 Å². The molecule has 0 aromatic carbocycles. The number of nitriles is 1. The second kappa shape index (κ2) is 6.96. The molecule has 6 nitrogen and oxygen atoms in total. The molecular weight excluding hydrogens is 360 g/mol. The predicted octanol–water partition coefficient (Wildman–Crippen LogP) is 3.15. The van der Waals surface area contributed by atoms with E-state index in [9.17, 15) is 18.8 Å². The van der Waals surface area contributed by atoms with Crippen molar-refractivity contribution >= 4 is 22.9 Å². The van der Waals surface area contributed by atoms with Gasteiger partial charge in [0.1, 0.15) is 5.69 Å². The molecule has 2 aromatic rings. The molecule has 9 heteroatoms. The fourth-order valence-electron chi connectivity index (χ4n) is 3.29. The van der Waals surface area contributed by atoms with Crippen LogP contribution in [0.15, 0.2) is 17.5 Å². The zero-order valence-corrected chi connectivity index (χ0v) is 15.1. The van der Waals surface area contributed by atoms with Crippen molar-refractivity contribution in [3.05, 3.63) is 40.1 Å². The van der Waals surface area contributed by atoms with E-state index in [2.05, 4.69) is 15.3 Å². The Kier molecular flexibility index (Phi) is 4.87. The lowest BCUT2D eigenvalue weighted by Crippen LogP contribution is -2.45. The van der Waals surface area contributed by atoms with Crippen LogP contribution in [0.2, 0.25) is 0 Å². The van der Waals surface area contributed by atoms with Crippen molar-refractivity contribution in [3.63, 3.8) is 0 Å². The number of pyridine rings is 1. The number of hydrogen-bond acceptors (Lipinski definition) is 6. The molecule has 3 rings (SSSR count). The lowest BCUT2D eigenvalue weighted by Gasteiger charge is -2.28. The highest BCUT2D eigenvalue weighted by atomic mass is 32.1. The summed E-state index contributed by atoms with van der Waals surface area (Å²) in [5.74, 6) is -2.22. The first-order chi connectivity index (χ1) is 12.3. The standard InChI is InChI=1S/C17H17F2N5OS/c1-10-21-13(8-26-10)16(25)23-17(2)4-3-11(7-17)24(9-20)12-5-14(18)22-15(19)6-12/h5-6,8,11H,3-4,7H2,1-2H3,(H,23,25). The highest BCUT2D eigenvalue weighted by Crippen LogP contribution is 2.35. The summed E-state index contributed by atoms with van der Waals surface area (Å²) in [6, 6.07) is 1.78. The Labute approximate surface area is 153 Å². The molecule has 1 saturated carbocycles. The van der Waals surface area contributed by atoms with E-state index in [0.717, 1.165) is 17.1 Å². The van der Waals surface area contributed by atoms with E-state index >= 15 is 0 Å². The summed E-state index contributed by atoms with van der Waals surface area (Å²) in [5.41, 5.74) is -0.0424. The summed E-state index contributed by atoms with van der Waals surface area (Å²) in [6.45, 7) is 3.72. The lowest BCUT2D eigenvalue weighted by atomic mass is 9.99. The maximum absolute atomic E-state index is 13.4. The summed E-state index contributed by atoms with van der Waals surface area (Å²) in [4.78, 5) is 20.9. The van der Waals surface area contributed by atoms with Gasteiger partial charge in [-0.25, -0.2) is 4.98 Å². The van der Waals surface area contributed by atoms with Crippen LogP contribution in [0, 0.1) is 30.3 Å². The largest absolute Gasteiger partial charge is 0.345 e. The van der Waals surface area contributed by atoms with Gasteiger partial charge in [-0.3, -0.25) is 9.69 Å². The number of anilines is 1. The molecule has 0 aliphatic heterocycles. The number of aromatic nitrogens is 2. The first kappa shape index (κ1) is 18.2. The molecule has 26 heavy (non-hydrogen) atoms. The summed E-state index contributed by atoms with van der Waals surface area (Å²) in [6.07, 6.45) is 3.71. The van der Waals surface area contributed by atoms with Crippen LogP contribution in [0.3, 0.4) is 0 Å². The van der Waals surface area contributed by atoms with Crippen LogP contribution < -0.4 is 10.2 Å². The second-order valence-corrected chi connectivity index (χ2v) is 7.67. The zero-order chi connectivity index (χ0) is 18.9. The van der Waals surface area contributed by atoms with Crippen LogP contribution in [0.25, 0.3) is 0 Å². The van der Waals surface area contributed by atoms with Gasteiger partial charge in [-0.2, -0.15) is 19.0 Å². The molecule has 1 N–H and O–H groups in total. The molecule has 0 saturated heterocycles. The van der Waals surface area contributed by atoms with E-state index < -0.39 is 17.4 Å². The van der Waals surface area contributed by atoms with E-state index in [4.69, 9.17) is 0 Å². The van der Waals surface area contributed by atoms with E-state index in [0.29, 0.717) is 25.0 Å². The normalized spacial score (nSPS) is 22.0. The van der Waals surface area contributed by atoms with Gasteiger partial charge in [-0.05, 0) is 33.1 Å². The summed E-state index contributed by atoms with van der Waals surface area (Å²) in [7, 11) is 0. The number of amides is 1. The van der Waals surface area contributed by atoms with E-state index in [1.54, 1.807) is 5.38 Å². The van der Waals surface area contributed by atoms with Crippen LogP contribution in [0.4, 0.5) is 14.5 Å². The Morgan fingerprint density at radius 3 is 2.69 bits per heavy atom. The number of nitrogens with one attached hydrogen (secondary N) is 1. The molecule has 136 valence electrons. The molecule has 1 aliphatic rings. The van der Waals surface area contributed by atoms with Crippen molar-refractivity contribution in [3.8, 4) is 6.19 Å². The fraction of sp³-hybridized carbons (Fsp3) is 0.412. The van der Waals surface area contributed by atoms with Crippen molar-refractivity contribution in [1.82, 2.24) is 15.3 Å². The molecule has 2 heterocycles. The quantitative estimate of drug-likeness (QED) is 0.503. The number of thiazole rings is 1. The van der Waals surface area contributed by atoms with Gasteiger partial charge in [0.05, 0.1) is 10.7 Å². The molecule has 1 aliphatic carbocycles. The minimum atomic E-state index is -0.979. The molecule has 2 unspecified atom stereocenters. The third-order valence-electron chi connectivity index (χ3n) is 4.48. The van der Waals surface area contributed by atoms with Crippen molar-refractivity contribution in [2.75, 3.05) is 4.90 Å². The molecule has 0 spiro atoms. The molecule has 1 fully saturated rings. The molecule has 2 aromatic heterocycles. The fourth-order valence-corrected chi connectivity index (χ4v) is 3.88. The van der Waals surface area contributed by atoms with Crippen LogP contribution in [0.5, 0.6) is 0 Å². The number of carbonyl (C=O) groups is 1. The van der Waals surface area contributed by atoms with Crippen molar-refractivity contribution in [1.29, 1.82) is 5.26 Å². The maximum atomic E-state index is 13.4. The van der Waals surface area contributed by atoms with Gasteiger partial charge in [0.25, 0.3) is 5.91 Å². The first-order valence-corrected chi connectivity index (χ1v) is 8.94. The molecule has 0 bridgehead atoms. The van der Waals surface area contributed by atoms with Gasteiger partial charge < -0.3 is 5.32 Å². The number of halogens is 2. The Hall–Kier alpha value is -2.60. The Morgan fingerprint density at radius 1 is 1.42 bits per heavy atom. The zero-order valence-electron chi connectivity index (χ0n) is 14.3. The average Bonchev–Trinajstić information content (AvgIpc) is 3.14. The van der Waals surface area contributed by atoms with Gasteiger partial charge in [0, 0.05) is 29.1 Å². The van der Waals surface area contributed by atoms with Crippen molar-refractivity contribution in [2.45, 2.75) is 44.7 Å². The van der Waals surface area contributed by atoms with E-state index in [-0.39, 0.29) is 17.6 Å². The highest BCUT2D eigenvalue weighted by molar-refractivity contribution is 7.09. The van der Waals surface area contributed by atoms with Crippen LogP contribution >= 0.6 is 11.3 Å². The van der Waals surface area contributed by atoms with E-state index in [1.165, 1.54) is 16.2 Å². The summed E-state index contributed by atoms with van der Waals surface area (Å²) >= 11 is 1.40. The van der Waals surface area contributed by atoms with Crippen molar-refractivity contribution in [2.24, 2.45) is 0 Å². The topological polar surface area (TPSA) is 81.9 Å². The molecule has 0 radical (unpaired) electrons. The summed E-state index contributed by atoms with van der Waals surface area (Å²) < 4.78 is 26.8. The lowest BCUT2D eigenvalue weighted by molar-refractivity contribution is 0.0903. The highest BCUT2D eigenvalue weighted by Gasteiger charge is 2.40. The Balaban J connectivity index is 1.73. The van der Waals surface area contributed by atoms with Crippen LogP contribution in [0.1, 0.15) is 41.7 Å². The van der Waals surface area contributed by atoms with Crippen LogP contribution in [-0.4, -0.2) is 27.5 Å². The minimum absolute atomic E-state index is 0.119. The number of hydrogen-bond donors (Lipinski definition) is 1. The Morgan fingerprint density at radius 2 is 2.12 bits per heavy atom. The third kappa shape index (κ3) is 3.80. The first-order valence-electron chi connectivity index (χ1n) is 8.06. The van der Waals surface area contributed by atoms with E-state index in [1.807, 2.05) is 20.0 Å². The minimum Gasteiger partial charge on any atom is -0.345 e. The van der Waals surface area contributed by atoms with Gasteiger partial charge in [0.15, 0.2) is 6.19 Å². The predicted molar refractivity (Wildman–Crippen MR) is 92.6 cm³/mol. The number of rotatable bonds is 4. The number of carbonyl (C=O) groups excluding carboxylic acids is 1. The third-order valence-corrected chi connectivity index (χ3v) is 5.25. The SMILES string of the molecule is Cc1nc(C(=O)NC2(C)CCC(N(C#N)c3cc(F)nc(F)c3)C2)cs1. The summed E-state index contributed by atoms with van der Waals surface area (Å²) in [5, 5.41) is 15.0. The number of aryl methyl sites for hydroxylation is 1. The molecular formula is C17H17F2N5OS. The second-order valence-electron chi connectivity index (χ2n) is 6.60.